The molecule has 4 heteroatoms. The zero-order chi connectivity index (χ0) is 9.52. The molecule has 0 fully saturated rings. The molecule has 0 spiro atoms. The zero-order valence-electron chi connectivity index (χ0n) is 8.38. The van der Waals surface area contributed by atoms with E-state index in [1.807, 2.05) is 0 Å². The molecule has 4 nitrogen and oxygen atoms in total. The van der Waals surface area contributed by atoms with Crippen molar-refractivity contribution in [3.63, 3.8) is 0 Å². The molecule has 1 N–H and O–H groups in total. The fourth-order valence-electron chi connectivity index (χ4n) is 1.31. The number of ether oxygens (including phenoxy) is 2. The molecular formula is C9H18N2O2. The maximum absolute atomic E-state index is 5.21. The van der Waals surface area contributed by atoms with Gasteiger partial charge in [-0.1, -0.05) is 0 Å². The number of rotatable bonds is 5. The van der Waals surface area contributed by atoms with E-state index in [1.165, 1.54) is 6.42 Å². The third-order valence-corrected chi connectivity index (χ3v) is 2.09. The highest BCUT2D eigenvalue weighted by Crippen LogP contribution is 2.01. The summed E-state index contributed by atoms with van der Waals surface area (Å²) in [5, 5.41) is 3.26. The topological polar surface area (TPSA) is 42.8 Å². The van der Waals surface area contributed by atoms with Crippen LogP contribution in [0, 0.1) is 0 Å². The van der Waals surface area contributed by atoms with Crippen LogP contribution in [0.3, 0.4) is 0 Å². The molecule has 0 radical (unpaired) electrons. The van der Waals surface area contributed by atoms with Crippen LogP contribution in [0.15, 0.2) is 4.99 Å². The Morgan fingerprint density at radius 3 is 2.92 bits per heavy atom. The Bertz CT molecular complexity index is 171. The van der Waals surface area contributed by atoms with Crippen LogP contribution in [0.5, 0.6) is 0 Å². The lowest BCUT2D eigenvalue weighted by Crippen LogP contribution is -2.34. The van der Waals surface area contributed by atoms with Gasteiger partial charge in [-0.2, -0.15) is 0 Å². The van der Waals surface area contributed by atoms with Crippen LogP contribution in [0.25, 0.3) is 0 Å². The summed E-state index contributed by atoms with van der Waals surface area (Å²) in [7, 11) is 3.38. The van der Waals surface area contributed by atoms with Gasteiger partial charge in [-0.15, -0.1) is 0 Å². The largest absolute Gasteiger partial charge is 0.382 e. The lowest BCUT2D eigenvalue weighted by Gasteiger charge is -2.15. The number of nitrogens with one attached hydrogen (secondary N) is 1. The van der Waals surface area contributed by atoms with Gasteiger partial charge < -0.3 is 14.8 Å². The minimum absolute atomic E-state index is 0.119. The summed E-state index contributed by atoms with van der Waals surface area (Å²) in [5.41, 5.74) is 0. The van der Waals surface area contributed by atoms with Crippen molar-refractivity contribution in [3.05, 3.63) is 0 Å². The average molecular weight is 186 g/mol. The first-order valence-corrected chi connectivity index (χ1v) is 4.65. The van der Waals surface area contributed by atoms with E-state index in [-0.39, 0.29) is 6.10 Å². The second-order valence-electron chi connectivity index (χ2n) is 3.13. The van der Waals surface area contributed by atoms with Crippen LogP contribution >= 0.6 is 0 Å². The van der Waals surface area contributed by atoms with Crippen molar-refractivity contribution in [2.24, 2.45) is 4.99 Å². The van der Waals surface area contributed by atoms with Gasteiger partial charge in [0.25, 0.3) is 0 Å². The van der Waals surface area contributed by atoms with Gasteiger partial charge in [0.1, 0.15) is 0 Å². The summed E-state index contributed by atoms with van der Waals surface area (Å²) in [6, 6.07) is 0. The molecule has 0 saturated heterocycles. The molecule has 0 aliphatic carbocycles. The Morgan fingerprint density at radius 1 is 1.54 bits per heavy atom. The van der Waals surface area contributed by atoms with Gasteiger partial charge in [0.15, 0.2) is 0 Å². The number of methoxy groups -OCH3 is 2. The van der Waals surface area contributed by atoms with E-state index >= 15 is 0 Å². The summed E-state index contributed by atoms with van der Waals surface area (Å²) >= 11 is 0. The van der Waals surface area contributed by atoms with Gasteiger partial charge in [0.05, 0.1) is 18.5 Å². The highest BCUT2D eigenvalue weighted by Gasteiger charge is 2.09. The standard InChI is InChI=1S/C9H18N2O2/c1-12-7-8(13-2)6-11-9-4-3-5-10-9/h8H,3-7H2,1-2H3,(H,10,11). The molecule has 76 valence electrons. The van der Waals surface area contributed by atoms with Crippen molar-refractivity contribution >= 4 is 5.84 Å². The summed E-state index contributed by atoms with van der Waals surface area (Å²) < 4.78 is 10.2. The predicted octanol–water partition coefficient (Wildman–Crippen LogP) is 0.430. The van der Waals surface area contributed by atoms with Crippen LogP contribution in [-0.2, 0) is 9.47 Å². The van der Waals surface area contributed by atoms with Crippen LogP contribution in [0.1, 0.15) is 12.8 Å². The minimum Gasteiger partial charge on any atom is -0.382 e. The highest BCUT2D eigenvalue weighted by molar-refractivity contribution is 5.83. The van der Waals surface area contributed by atoms with E-state index in [0.29, 0.717) is 6.61 Å². The first-order chi connectivity index (χ1) is 6.36. The molecule has 0 saturated carbocycles. The Kier molecular flexibility index (Phi) is 4.78. The normalized spacial score (nSPS) is 18.5. The molecular weight excluding hydrogens is 168 g/mol. The van der Waals surface area contributed by atoms with Crippen molar-refractivity contribution < 1.29 is 9.47 Å². The molecule has 0 aromatic carbocycles. The molecule has 13 heavy (non-hydrogen) atoms. The van der Waals surface area contributed by atoms with E-state index in [9.17, 15) is 0 Å². The second kappa shape index (κ2) is 5.94. The van der Waals surface area contributed by atoms with Crippen LogP contribution in [0.4, 0.5) is 0 Å². The first kappa shape index (κ1) is 10.5. The highest BCUT2D eigenvalue weighted by atomic mass is 16.5. The number of amidine groups is 1. The van der Waals surface area contributed by atoms with E-state index < -0.39 is 0 Å². The third kappa shape index (κ3) is 3.74. The van der Waals surface area contributed by atoms with Crippen molar-refractivity contribution in [3.8, 4) is 0 Å². The van der Waals surface area contributed by atoms with Crippen molar-refractivity contribution in [2.45, 2.75) is 18.9 Å². The number of nitrogens with zero attached hydrogens (tertiary/aromatic N) is 1. The van der Waals surface area contributed by atoms with Crippen molar-refractivity contribution in [1.82, 2.24) is 5.32 Å². The average Bonchev–Trinajstić information content (AvgIpc) is 2.64. The molecule has 1 aliphatic rings. The number of hydrogen-bond donors (Lipinski definition) is 1. The fraction of sp³-hybridized carbons (Fsp3) is 0.889. The molecule has 1 atom stereocenters. The number of aliphatic imine (C=N–C) groups is 1. The Hall–Kier alpha value is -0.610. The Labute approximate surface area is 79.3 Å². The second-order valence-corrected chi connectivity index (χ2v) is 3.13. The summed E-state index contributed by atoms with van der Waals surface area (Å²) in [6.07, 6.45) is 2.36. The predicted molar refractivity (Wildman–Crippen MR) is 52.2 cm³/mol. The maximum Gasteiger partial charge on any atom is 0.0976 e. The molecule has 0 bridgehead atoms. The van der Waals surface area contributed by atoms with Crippen LogP contribution in [-0.4, -0.2) is 45.9 Å². The van der Waals surface area contributed by atoms with Gasteiger partial charge in [0.2, 0.25) is 0 Å². The quantitative estimate of drug-likeness (QED) is 0.677. The molecule has 1 aliphatic heterocycles. The Morgan fingerprint density at radius 2 is 2.38 bits per heavy atom. The minimum atomic E-state index is 0.119. The molecule has 0 aromatic rings. The Balaban J connectivity index is 2.14. The SMILES string of the molecule is COCC(CNC1=NCCC1)OC. The summed E-state index contributed by atoms with van der Waals surface area (Å²) in [6.45, 7) is 2.37. The maximum atomic E-state index is 5.21. The van der Waals surface area contributed by atoms with Gasteiger partial charge in [-0.05, 0) is 6.42 Å². The van der Waals surface area contributed by atoms with Gasteiger partial charge in [0, 0.05) is 33.7 Å². The summed E-state index contributed by atoms with van der Waals surface area (Å²) in [5.74, 6) is 1.11. The lowest BCUT2D eigenvalue weighted by atomic mass is 10.3. The monoisotopic (exact) mass is 186 g/mol. The molecule has 1 heterocycles. The third-order valence-electron chi connectivity index (χ3n) is 2.09. The van der Waals surface area contributed by atoms with Crippen molar-refractivity contribution in [1.29, 1.82) is 0 Å². The van der Waals surface area contributed by atoms with Crippen LogP contribution < -0.4 is 5.32 Å². The fourth-order valence-corrected chi connectivity index (χ4v) is 1.31. The van der Waals surface area contributed by atoms with E-state index in [2.05, 4.69) is 10.3 Å². The number of hydrogen-bond acceptors (Lipinski definition) is 4. The van der Waals surface area contributed by atoms with E-state index in [0.717, 1.165) is 25.3 Å². The molecule has 0 aromatic heterocycles. The molecule has 0 amide bonds. The smallest absolute Gasteiger partial charge is 0.0976 e. The molecule has 1 rings (SSSR count). The molecule has 1 unspecified atom stereocenters. The summed E-state index contributed by atoms with van der Waals surface area (Å²) in [4.78, 5) is 4.31. The lowest BCUT2D eigenvalue weighted by molar-refractivity contribution is 0.0315. The first-order valence-electron chi connectivity index (χ1n) is 4.65. The van der Waals surface area contributed by atoms with E-state index in [4.69, 9.17) is 9.47 Å². The van der Waals surface area contributed by atoms with Gasteiger partial charge in [-0.25, -0.2) is 0 Å². The van der Waals surface area contributed by atoms with E-state index in [1.54, 1.807) is 14.2 Å². The van der Waals surface area contributed by atoms with Gasteiger partial charge >= 0.3 is 0 Å². The van der Waals surface area contributed by atoms with Crippen molar-refractivity contribution in [2.75, 3.05) is 33.9 Å². The van der Waals surface area contributed by atoms with Crippen LogP contribution in [0.2, 0.25) is 0 Å². The zero-order valence-corrected chi connectivity index (χ0v) is 8.38. The van der Waals surface area contributed by atoms with Gasteiger partial charge in [-0.3, -0.25) is 4.99 Å².